The Labute approximate surface area is 129 Å². The Morgan fingerprint density at radius 1 is 1.18 bits per heavy atom. The quantitative estimate of drug-likeness (QED) is 0.573. The second-order valence-electron chi connectivity index (χ2n) is 4.85. The summed E-state index contributed by atoms with van der Waals surface area (Å²) < 4.78 is 23.7. The van der Waals surface area contributed by atoms with E-state index in [0.29, 0.717) is 5.57 Å². The molecule has 0 bridgehead atoms. The topological polar surface area (TPSA) is 52.6 Å². The summed E-state index contributed by atoms with van der Waals surface area (Å²) in [6, 6.07) is 4.71. The van der Waals surface area contributed by atoms with Crippen LogP contribution in [0.2, 0.25) is 0 Å². The lowest BCUT2D eigenvalue weighted by Crippen LogP contribution is -2.28. The highest BCUT2D eigenvalue weighted by Crippen LogP contribution is 2.25. The lowest BCUT2D eigenvalue weighted by atomic mass is 9.94. The number of carbonyl (C=O) groups excluding carboxylic acids is 2. The van der Waals surface area contributed by atoms with Crippen molar-refractivity contribution < 1.29 is 23.5 Å². The number of allylic oxidation sites excluding steroid dienone is 1. The van der Waals surface area contributed by atoms with Crippen LogP contribution in [0.3, 0.4) is 0 Å². The van der Waals surface area contributed by atoms with Gasteiger partial charge in [-0.2, -0.15) is 0 Å². The van der Waals surface area contributed by atoms with Gasteiger partial charge in [-0.1, -0.05) is 18.7 Å². The van der Waals surface area contributed by atoms with E-state index in [9.17, 15) is 14.0 Å². The first kappa shape index (κ1) is 17.9. The number of ether oxygens (including phenoxy) is 2. The van der Waals surface area contributed by atoms with Crippen LogP contribution in [0.15, 0.2) is 24.8 Å². The molecule has 120 valence electrons. The molecule has 0 aliphatic rings. The van der Waals surface area contributed by atoms with Gasteiger partial charge in [-0.3, -0.25) is 9.59 Å². The highest BCUT2D eigenvalue weighted by molar-refractivity contribution is 5.96. The normalized spacial score (nSPS) is 10.4. The molecule has 0 saturated carbocycles. The maximum Gasteiger partial charge on any atom is 0.320 e. The fourth-order valence-electron chi connectivity index (χ4n) is 2.01. The Morgan fingerprint density at radius 3 is 2.18 bits per heavy atom. The zero-order valence-corrected chi connectivity index (χ0v) is 13.1. The number of hydrogen-bond donors (Lipinski definition) is 0. The van der Waals surface area contributed by atoms with Crippen LogP contribution in [0.25, 0.3) is 5.57 Å². The Kier molecular flexibility index (Phi) is 6.76. The van der Waals surface area contributed by atoms with E-state index in [-0.39, 0.29) is 25.2 Å². The molecule has 0 N–H and O–H groups in total. The van der Waals surface area contributed by atoms with Gasteiger partial charge in [0.25, 0.3) is 0 Å². The first-order valence-corrected chi connectivity index (χ1v) is 7.18. The first-order valence-electron chi connectivity index (χ1n) is 7.18. The lowest BCUT2D eigenvalue weighted by Gasteiger charge is -2.16. The Morgan fingerprint density at radius 2 is 1.73 bits per heavy atom. The largest absolute Gasteiger partial charge is 0.465 e. The van der Waals surface area contributed by atoms with Crippen LogP contribution in [-0.2, 0) is 19.1 Å². The third kappa shape index (κ3) is 4.69. The molecule has 4 nitrogen and oxygen atoms in total. The standard InChI is InChI=1S/C17H21FO4/c1-5-21-16(19)14(17(20)22-6-2)10-12(4)13-8-7-11(3)9-15(13)18/h7-9,14H,4-6,10H2,1-3H3. The van der Waals surface area contributed by atoms with Crippen molar-refractivity contribution in [3.63, 3.8) is 0 Å². The van der Waals surface area contributed by atoms with Gasteiger partial charge in [0.1, 0.15) is 5.82 Å². The van der Waals surface area contributed by atoms with Crippen LogP contribution in [0.4, 0.5) is 4.39 Å². The highest BCUT2D eigenvalue weighted by atomic mass is 19.1. The SMILES string of the molecule is C=C(CC(C(=O)OCC)C(=O)OCC)c1ccc(C)cc1F. The summed E-state index contributed by atoms with van der Waals surface area (Å²) in [5.74, 6) is -2.94. The van der Waals surface area contributed by atoms with Crippen molar-refractivity contribution in [1.82, 2.24) is 0 Å². The second-order valence-corrected chi connectivity index (χ2v) is 4.85. The minimum absolute atomic E-state index is 0.0440. The highest BCUT2D eigenvalue weighted by Gasteiger charge is 2.30. The molecule has 0 aromatic heterocycles. The molecular formula is C17H21FO4. The average Bonchev–Trinajstić information content (AvgIpc) is 2.44. The molecule has 0 aliphatic heterocycles. The zero-order valence-electron chi connectivity index (χ0n) is 13.1. The van der Waals surface area contributed by atoms with Crippen LogP contribution in [0.1, 0.15) is 31.4 Å². The fourth-order valence-corrected chi connectivity index (χ4v) is 2.01. The van der Waals surface area contributed by atoms with Gasteiger partial charge in [-0.25, -0.2) is 4.39 Å². The van der Waals surface area contributed by atoms with E-state index in [2.05, 4.69) is 6.58 Å². The Hall–Kier alpha value is -2.17. The maximum absolute atomic E-state index is 14.0. The van der Waals surface area contributed by atoms with Crippen molar-refractivity contribution in [1.29, 1.82) is 0 Å². The van der Waals surface area contributed by atoms with Gasteiger partial charge in [-0.05, 0) is 44.4 Å². The monoisotopic (exact) mass is 308 g/mol. The van der Waals surface area contributed by atoms with Gasteiger partial charge in [0, 0.05) is 5.56 Å². The van der Waals surface area contributed by atoms with E-state index < -0.39 is 23.7 Å². The van der Waals surface area contributed by atoms with Crippen LogP contribution < -0.4 is 0 Å². The van der Waals surface area contributed by atoms with E-state index in [0.717, 1.165) is 5.56 Å². The smallest absolute Gasteiger partial charge is 0.320 e. The molecule has 0 atom stereocenters. The third-order valence-electron chi connectivity index (χ3n) is 3.10. The summed E-state index contributed by atoms with van der Waals surface area (Å²) in [7, 11) is 0. The fraction of sp³-hybridized carbons (Fsp3) is 0.412. The van der Waals surface area contributed by atoms with Crippen LogP contribution >= 0.6 is 0 Å². The third-order valence-corrected chi connectivity index (χ3v) is 3.10. The Bertz CT molecular complexity index is 548. The molecule has 0 aliphatic carbocycles. The molecule has 22 heavy (non-hydrogen) atoms. The summed E-state index contributed by atoms with van der Waals surface area (Å²) in [5, 5.41) is 0. The van der Waals surface area contributed by atoms with Gasteiger partial charge in [-0.15, -0.1) is 0 Å². The first-order chi connectivity index (χ1) is 10.4. The molecular weight excluding hydrogens is 287 g/mol. The number of esters is 2. The minimum atomic E-state index is -1.13. The van der Waals surface area contributed by atoms with Crippen molar-refractivity contribution >= 4 is 17.5 Å². The van der Waals surface area contributed by atoms with Crippen LogP contribution in [-0.4, -0.2) is 25.2 Å². The zero-order chi connectivity index (χ0) is 16.7. The lowest BCUT2D eigenvalue weighted by molar-refractivity contribution is -0.161. The molecule has 1 aromatic rings. The predicted molar refractivity (Wildman–Crippen MR) is 81.5 cm³/mol. The molecule has 0 unspecified atom stereocenters. The van der Waals surface area contributed by atoms with Gasteiger partial charge in [0.15, 0.2) is 5.92 Å². The summed E-state index contributed by atoms with van der Waals surface area (Å²) in [4.78, 5) is 23.8. The second kappa shape index (κ2) is 8.32. The van der Waals surface area contributed by atoms with E-state index in [1.165, 1.54) is 6.07 Å². The molecule has 0 spiro atoms. The van der Waals surface area contributed by atoms with E-state index >= 15 is 0 Å². The van der Waals surface area contributed by atoms with Crippen molar-refractivity contribution in [2.24, 2.45) is 5.92 Å². The number of aryl methyl sites for hydroxylation is 1. The molecule has 0 fully saturated rings. The van der Waals surface area contributed by atoms with Gasteiger partial charge < -0.3 is 9.47 Å². The minimum Gasteiger partial charge on any atom is -0.465 e. The number of benzene rings is 1. The number of rotatable bonds is 7. The van der Waals surface area contributed by atoms with Crippen molar-refractivity contribution in [2.45, 2.75) is 27.2 Å². The van der Waals surface area contributed by atoms with Crippen LogP contribution in [0, 0.1) is 18.7 Å². The van der Waals surface area contributed by atoms with Crippen molar-refractivity contribution in [3.05, 3.63) is 41.7 Å². The number of carbonyl (C=O) groups is 2. The molecule has 1 rings (SSSR count). The summed E-state index contributed by atoms with van der Waals surface area (Å²) in [6.45, 7) is 9.16. The van der Waals surface area contributed by atoms with E-state index in [4.69, 9.17) is 9.47 Å². The van der Waals surface area contributed by atoms with E-state index in [1.54, 1.807) is 32.9 Å². The van der Waals surface area contributed by atoms with Crippen molar-refractivity contribution in [2.75, 3.05) is 13.2 Å². The molecule has 0 heterocycles. The summed E-state index contributed by atoms with van der Waals surface area (Å²) in [6.07, 6.45) is -0.0440. The molecule has 0 radical (unpaired) electrons. The Balaban J connectivity index is 2.94. The molecule has 1 aromatic carbocycles. The van der Waals surface area contributed by atoms with Gasteiger partial charge >= 0.3 is 11.9 Å². The van der Waals surface area contributed by atoms with Crippen molar-refractivity contribution in [3.8, 4) is 0 Å². The number of halogens is 1. The van der Waals surface area contributed by atoms with Gasteiger partial charge in [0.05, 0.1) is 13.2 Å². The predicted octanol–water partition coefficient (Wildman–Crippen LogP) is 3.28. The van der Waals surface area contributed by atoms with E-state index in [1.807, 2.05) is 0 Å². The maximum atomic E-state index is 14.0. The summed E-state index contributed by atoms with van der Waals surface area (Å²) >= 11 is 0. The molecule has 0 saturated heterocycles. The molecule has 5 heteroatoms. The molecule has 0 amide bonds. The average molecular weight is 308 g/mol. The summed E-state index contributed by atoms with van der Waals surface area (Å²) in [5.41, 5.74) is 1.41. The van der Waals surface area contributed by atoms with Crippen LogP contribution in [0.5, 0.6) is 0 Å². The number of hydrogen-bond acceptors (Lipinski definition) is 4. The van der Waals surface area contributed by atoms with Gasteiger partial charge in [0.2, 0.25) is 0 Å².